The van der Waals surface area contributed by atoms with Gasteiger partial charge in [-0.05, 0) is 23.3 Å². The number of rotatable bonds is 5. The van der Waals surface area contributed by atoms with Gasteiger partial charge in [0.2, 0.25) is 0 Å². The molecule has 1 heterocycles. The van der Waals surface area contributed by atoms with Crippen molar-refractivity contribution in [2.45, 2.75) is 0 Å². The molecule has 134 valence electrons. The minimum absolute atomic E-state index is 0.725. The quantitative estimate of drug-likeness (QED) is 0.492. The summed E-state index contributed by atoms with van der Waals surface area (Å²) in [4.78, 5) is 4.55. The Bertz CT molecular complexity index is 1020. The summed E-state index contributed by atoms with van der Waals surface area (Å²) in [5.41, 5.74) is 4.00. The zero-order valence-electron chi connectivity index (χ0n) is 15.3. The third-order valence-electron chi connectivity index (χ3n) is 4.50. The Morgan fingerprint density at radius 2 is 1.26 bits per heavy atom. The SMILES string of the molecule is COc1cc(-c2ccccc2)cc(OC)c1-n1ccnc1-c1ccccc1. The molecule has 27 heavy (non-hydrogen) atoms. The topological polar surface area (TPSA) is 36.3 Å². The molecule has 1 aromatic heterocycles. The zero-order chi connectivity index (χ0) is 18.6. The summed E-state index contributed by atoms with van der Waals surface area (Å²) >= 11 is 0. The molecule has 4 rings (SSSR count). The molecule has 4 heteroatoms. The van der Waals surface area contributed by atoms with Crippen LogP contribution in [0.1, 0.15) is 0 Å². The maximum Gasteiger partial charge on any atom is 0.147 e. The van der Waals surface area contributed by atoms with Crippen molar-refractivity contribution in [2.24, 2.45) is 0 Å². The maximum atomic E-state index is 5.74. The number of hydrogen-bond acceptors (Lipinski definition) is 3. The van der Waals surface area contributed by atoms with Gasteiger partial charge in [0, 0.05) is 18.0 Å². The predicted molar refractivity (Wildman–Crippen MR) is 108 cm³/mol. The number of hydrogen-bond donors (Lipinski definition) is 0. The van der Waals surface area contributed by atoms with Crippen LogP contribution in [-0.2, 0) is 0 Å². The van der Waals surface area contributed by atoms with Gasteiger partial charge in [-0.15, -0.1) is 0 Å². The molecule has 0 N–H and O–H groups in total. The fourth-order valence-electron chi connectivity index (χ4n) is 3.21. The molecule has 0 saturated carbocycles. The van der Waals surface area contributed by atoms with E-state index in [9.17, 15) is 0 Å². The highest BCUT2D eigenvalue weighted by Gasteiger charge is 2.18. The molecule has 0 saturated heterocycles. The van der Waals surface area contributed by atoms with Crippen LogP contribution >= 0.6 is 0 Å². The van der Waals surface area contributed by atoms with Crippen molar-refractivity contribution in [2.75, 3.05) is 14.2 Å². The second-order valence-electron chi connectivity index (χ2n) is 6.08. The van der Waals surface area contributed by atoms with Gasteiger partial charge in [-0.3, -0.25) is 4.57 Å². The van der Waals surface area contributed by atoms with E-state index in [0.29, 0.717) is 0 Å². The highest BCUT2D eigenvalue weighted by atomic mass is 16.5. The van der Waals surface area contributed by atoms with E-state index in [1.807, 2.05) is 71.4 Å². The van der Waals surface area contributed by atoms with Crippen LogP contribution in [-0.4, -0.2) is 23.8 Å². The van der Waals surface area contributed by atoms with Crippen LogP contribution in [0.2, 0.25) is 0 Å². The van der Waals surface area contributed by atoms with E-state index in [1.165, 1.54) is 0 Å². The van der Waals surface area contributed by atoms with Gasteiger partial charge in [0.05, 0.1) is 14.2 Å². The molecule has 4 nitrogen and oxygen atoms in total. The van der Waals surface area contributed by atoms with E-state index in [-0.39, 0.29) is 0 Å². The first kappa shape index (κ1) is 16.9. The van der Waals surface area contributed by atoms with E-state index in [0.717, 1.165) is 39.7 Å². The lowest BCUT2D eigenvalue weighted by Gasteiger charge is -2.18. The number of ether oxygens (including phenoxy) is 2. The number of methoxy groups -OCH3 is 2. The van der Waals surface area contributed by atoms with Crippen LogP contribution in [0.3, 0.4) is 0 Å². The molecule has 0 unspecified atom stereocenters. The molecule has 0 bridgehead atoms. The van der Waals surface area contributed by atoms with Crippen molar-refractivity contribution in [1.29, 1.82) is 0 Å². The third kappa shape index (κ3) is 3.17. The van der Waals surface area contributed by atoms with Crippen molar-refractivity contribution in [3.63, 3.8) is 0 Å². The Morgan fingerprint density at radius 3 is 1.81 bits per heavy atom. The van der Waals surface area contributed by atoms with Gasteiger partial charge in [-0.2, -0.15) is 0 Å². The molecule has 0 aliphatic heterocycles. The molecule has 0 radical (unpaired) electrons. The van der Waals surface area contributed by atoms with Gasteiger partial charge in [0.1, 0.15) is 23.0 Å². The van der Waals surface area contributed by atoms with Crippen LogP contribution in [0, 0.1) is 0 Å². The van der Waals surface area contributed by atoms with Crippen LogP contribution < -0.4 is 9.47 Å². The average molecular weight is 356 g/mol. The second-order valence-corrected chi connectivity index (χ2v) is 6.08. The lowest BCUT2D eigenvalue weighted by Crippen LogP contribution is -2.03. The van der Waals surface area contributed by atoms with Crippen molar-refractivity contribution in [3.05, 3.63) is 85.2 Å². The second kappa shape index (κ2) is 7.38. The molecule has 4 aromatic rings. The van der Waals surface area contributed by atoms with E-state index >= 15 is 0 Å². The normalized spacial score (nSPS) is 10.6. The van der Waals surface area contributed by atoms with E-state index in [1.54, 1.807) is 20.4 Å². The first-order chi connectivity index (χ1) is 13.3. The Kier molecular flexibility index (Phi) is 4.62. The highest BCUT2D eigenvalue weighted by Crippen LogP contribution is 2.39. The Labute approximate surface area is 158 Å². The molecular weight excluding hydrogens is 336 g/mol. The molecule has 0 aliphatic rings. The van der Waals surface area contributed by atoms with Gasteiger partial charge in [-0.25, -0.2) is 4.98 Å². The van der Waals surface area contributed by atoms with E-state index < -0.39 is 0 Å². The third-order valence-corrected chi connectivity index (χ3v) is 4.50. The van der Waals surface area contributed by atoms with Gasteiger partial charge >= 0.3 is 0 Å². The van der Waals surface area contributed by atoms with Crippen LogP contribution in [0.5, 0.6) is 11.5 Å². The summed E-state index contributed by atoms with van der Waals surface area (Å²) in [7, 11) is 3.35. The van der Waals surface area contributed by atoms with E-state index in [4.69, 9.17) is 9.47 Å². The average Bonchev–Trinajstić information content (AvgIpc) is 3.23. The Morgan fingerprint density at radius 1 is 0.704 bits per heavy atom. The van der Waals surface area contributed by atoms with Gasteiger partial charge in [-0.1, -0.05) is 60.7 Å². The largest absolute Gasteiger partial charge is 0.494 e. The molecule has 0 atom stereocenters. The predicted octanol–water partition coefficient (Wildman–Crippen LogP) is 5.22. The van der Waals surface area contributed by atoms with Crippen molar-refractivity contribution >= 4 is 0 Å². The van der Waals surface area contributed by atoms with Gasteiger partial charge in [0.15, 0.2) is 0 Å². The fourth-order valence-corrected chi connectivity index (χ4v) is 3.21. The van der Waals surface area contributed by atoms with Crippen molar-refractivity contribution in [1.82, 2.24) is 9.55 Å². The summed E-state index contributed by atoms with van der Waals surface area (Å²) in [5.74, 6) is 2.28. The van der Waals surface area contributed by atoms with Crippen molar-refractivity contribution in [3.8, 4) is 39.7 Å². The summed E-state index contributed by atoms with van der Waals surface area (Å²) in [6.07, 6.45) is 3.71. The number of benzene rings is 3. The molecule has 3 aromatic carbocycles. The number of aromatic nitrogens is 2. The fraction of sp³-hybridized carbons (Fsp3) is 0.0870. The van der Waals surface area contributed by atoms with Crippen molar-refractivity contribution < 1.29 is 9.47 Å². The minimum atomic E-state index is 0.725. The summed E-state index contributed by atoms with van der Waals surface area (Å²) < 4.78 is 13.5. The molecule has 0 fully saturated rings. The zero-order valence-corrected chi connectivity index (χ0v) is 15.3. The monoisotopic (exact) mass is 356 g/mol. The minimum Gasteiger partial charge on any atom is -0.494 e. The maximum absolute atomic E-state index is 5.74. The number of nitrogens with zero attached hydrogens (tertiary/aromatic N) is 2. The lowest BCUT2D eigenvalue weighted by atomic mass is 10.0. The molecule has 0 aliphatic carbocycles. The highest BCUT2D eigenvalue weighted by molar-refractivity contribution is 5.74. The standard InChI is InChI=1S/C23H20N2O2/c1-26-20-15-19(17-9-5-3-6-10-17)16-21(27-2)22(20)25-14-13-24-23(25)18-11-7-4-8-12-18/h3-16H,1-2H3. The van der Waals surface area contributed by atoms with Crippen LogP contribution in [0.25, 0.3) is 28.2 Å². The van der Waals surface area contributed by atoms with E-state index in [2.05, 4.69) is 17.1 Å². The smallest absolute Gasteiger partial charge is 0.147 e. The summed E-state index contributed by atoms with van der Waals surface area (Å²) in [5, 5.41) is 0. The van der Waals surface area contributed by atoms with Gasteiger partial charge < -0.3 is 9.47 Å². The first-order valence-electron chi connectivity index (χ1n) is 8.72. The Balaban J connectivity index is 1.91. The molecule has 0 spiro atoms. The van der Waals surface area contributed by atoms with Crippen LogP contribution in [0.4, 0.5) is 0 Å². The Hall–Kier alpha value is -3.53. The van der Waals surface area contributed by atoms with Crippen LogP contribution in [0.15, 0.2) is 85.2 Å². The lowest BCUT2D eigenvalue weighted by molar-refractivity contribution is 0.391. The summed E-state index contributed by atoms with van der Waals surface area (Å²) in [6, 6.07) is 24.3. The molecule has 0 amide bonds. The van der Waals surface area contributed by atoms with Gasteiger partial charge in [0.25, 0.3) is 0 Å². The number of imidazole rings is 1. The first-order valence-corrected chi connectivity index (χ1v) is 8.72. The molecular formula is C23H20N2O2. The summed E-state index contributed by atoms with van der Waals surface area (Å²) in [6.45, 7) is 0.